The molecule has 0 unspecified atom stereocenters. The lowest BCUT2D eigenvalue weighted by molar-refractivity contribution is -0.135. The molecule has 4 heterocycles. The number of rotatable bonds is 5. The first kappa shape index (κ1) is 21.9. The summed E-state index contributed by atoms with van der Waals surface area (Å²) < 4.78 is 38.5. The Morgan fingerprint density at radius 3 is 2.50 bits per heavy atom. The minimum absolute atomic E-state index is 0.0385. The highest BCUT2D eigenvalue weighted by Gasteiger charge is 2.51. The summed E-state index contributed by atoms with van der Waals surface area (Å²) in [6.45, 7) is 3.08. The maximum Gasteiger partial charge on any atom is 0.267 e. The van der Waals surface area contributed by atoms with Gasteiger partial charge in [0.15, 0.2) is 0 Å². The predicted octanol–water partition coefficient (Wildman–Crippen LogP) is 0.130. The van der Waals surface area contributed by atoms with Crippen LogP contribution in [0.5, 0.6) is 0 Å². The number of amides is 2. The Bertz CT molecular complexity index is 658. The average Bonchev–Trinajstić information content (AvgIpc) is 3.34. The van der Waals surface area contributed by atoms with Crippen molar-refractivity contribution in [2.24, 2.45) is 0 Å². The van der Waals surface area contributed by atoms with Crippen molar-refractivity contribution in [1.82, 2.24) is 15.1 Å². The summed E-state index contributed by atoms with van der Waals surface area (Å²) in [6, 6.07) is 0.279. The van der Waals surface area contributed by atoms with Gasteiger partial charge in [0.2, 0.25) is 11.8 Å². The summed E-state index contributed by atoms with van der Waals surface area (Å²) in [5.41, 5.74) is 0. The van der Waals surface area contributed by atoms with Gasteiger partial charge in [-0.3, -0.25) is 9.59 Å². The van der Waals surface area contributed by atoms with Gasteiger partial charge in [0.1, 0.15) is 12.2 Å². The second-order valence-electron chi connectivity index (χ2n) is 8.98. The molecule has 0 aliphatic carbocycles. The van der Waals surface area contributed by atoms with E-state index in [1.165, 1.54) is 4.90 Å². The number of carbonyl (C=O) groups excluding carboxylic acids is 2. The molecule has 0 aromatic carbocycles. The molecule has 0 spiro atoms. The van der Waals surface area contributed by atoms with Crippen LogP contribution in [0.1, 0.15) is 39.0 Å². The molecule has 4 aliphatic heterocycles. The number of likely N-dealkylation sites (tertiary alicyclic amines) is 2. The van der Waals surface area contributed by atoms with Crippen molar-refractivity contribution < 1.29 is 33.0 Å². The topological polar surface area (TPSA) is 91.3 Å². The second kappa shape index (κ2) is 8.64. The molecule has 30 heavy (non-hydrogen) atoms. The Kier molecular flexibility index (Phi) is 6.30. The summed E-state index contributed by atoms with van der Waals surface area (Å²) in [5, 5.41) is 14.0. The highest BCUT2D eigenvalue weighted by molar-refractivity contribution is 5.77. The van der Waals surface area contributed by atoms with Crippen molar-refractivity contribution in [2.45, 2.75) is 81.5 Å². The normalized spacial score (nSPS) is 36.3. The SMILES string of the molecule is CC(=O)N1CCC(NC[C@H]2O[C@@H]3C[C@@H](CC(=O)N4CCC(F)(F)C4)O[C@@H]3[C@@H]2O)CC1. The molecule has 170 valence electrons. The molecular formula is C20H31F2N3O5. The van der Waals surface area contributed by atoms with Crippen LogP contribution in [0.25, 0.3) is 0 Å². The molecule has 4 aliphatic rings. The molecule has 0 aromatic heterocycles. The maximum atomic E-state index is 13.3. The summed E-state index contributed by atoms with van der Waals surface area (Å²) in [5.74, 6) is -3.04. The zero-order chi connectivity index (χ0) is 21.5. The highest BCUT2D eigenvalue weighted by atomic mass is 19.3. The molecule has 10 heteroatoms. The van der Waals surface area contributed by atoms with Crippen molar-refractivity contribution >= 4 is 11.8 Å². The lowest BCUT2D eigenvalue weighted by atomic mass is 10.0. The van der Waals surface area contributed by atoms with E-state index in [1.807, 2.05) is 4.90 Å². The highest BCUT2D eigenvalue weighted by Crippen LogP contribution is 2.36. The van der Waals surface area contributed by atoms with E-state index in [0.29, 0.717) is 13.0 Å². The number of alkyl halides is 2. The van der Waals surface area contributed by atoms with Gasteiger partial charge in [-0.1, -0.05) is 0 Å². The number of aliphatic hydroxyl groups is 1. The number of ether oxygens (including phenoxy) is 2. The lowest BCUT2D eigenvalue weighted by Crippen LogP contribution is -2.47. The fraction of sp³-hybridized carbons (Fsp3) is 0.900. The summed E-state index contributed by atoms with van der Waals surface area (Å²) in [7, 11) is 0. The molecule has 0 aromatic rings. The molecule has 2 N–H and O–H groups in total. The molecule has 2 amide bonds. The zero-order valence-corrected chi connectivity index (χ0v) is 17.3. The van der Waals surface area contributed by atoms with Crippen molar-refractivity contribution in [3.8, 4) is 0 Å². The van der Waals surface area contributed by atoms with Gasteiger partial charge in [0.05, 0.1) is 31.3 Å². The Balaban J connectivity index is 1.19. The number of aliphatic hydroxyl groups excluding tert-OH is 1. The zero-order valence-electron chi connectivity index (χ0n) is 17.3. The molecule has 4 saturated heterocycles. The number of hydrogen-bond donors (Lipinski definition) is 2. The summed E-state index contributed by atoms with van der Waals surface area (Å²) in [4.78, 5) is 26.7. The Labute approximate surface area is 174 Å². The van der Waals surface area contributed by atoms with Crippen LogP contribution < -0.4 is 5.32 Å². The average molecular weight is 431 g/mol. The fourth-order valence-corrected chi connectivity index (χ4v) is 4.96. The number of carbonyl (C=O) groups is 2. The van der Waals surface area contributed by atoms with Crippen LogP contribution in [0.3, 0.4) is 0 Å². The largest absolute Gasteiger partial charge is 0.388 e. The first-order valence-electron chi connectivity index (χ1n) is 10.9. The third kappa shape index (κ3) is 4.76. The molecular weight excluding hydrogens is 400 g/mol. The Hall–Kier alpha value is -1.36. The van der Waals surface area contributed by atoms with Crippen molar-refractivity contribution in [3.63, 3.8) is 0 Å². The minimum atomic E-state index is -2.80. The van der Waals surface area contributed by atoms with Gasteiger partial charge >= 0.3 is 0 Å². The van der Waals surface area contributed by atoms with Gasteiger partial charge in [-0.25, -0.2) is 8.78 Å². The fourth-order valence-electron chi connectivity index (χ4n) is 4.96. The van der Waals surface area contributed by atoms with Crippen LogP contribution in [0.2, 0.25) is 0 Å². The smallest absolute Gasteiger partial charge is 0.267 e. The second-order valence-corrected chi connectivity index (χ2v) is 8.98. The number of nitrogens with zero attached hydrogens (tertiary/aromatic N) is 2. The molecule has 0 saturated carbocycles. The van der Waals surface area contributed by atoms with Crippen LogP contribution in [-0.4, -0.2) is 102 Å². The first-order valence-corrected chi connectivity index (χ1v) is 10.9. The van der Waals surface area contributed by atoms with Crippen LogP contribution in [0, 0.1) is 0 Å². The third-order valence-corrected chi connectivity index (χ3v) is 6.75. The predicted molar refractivity (Wildman–Crippen MR) is 102 cm³/mol. The minimum Gasteiger partial charge on any atom is -0.388 e. The van der Waals surface area contributed by atoms with Gasteiger partial charge in [0, 0.05) is 52.0 Å². The summed E-state index contributed by atoms with van der Waals surface area (Å²) in [6.07, 6.45) is -0.422. The summed E-state index contributed by atoms with van der Waals surface area (Å²) >= 11 is 0. The van der Waals surface area contributed by atoms with Crippen LogP contribution in [-0.2, 0) is 19.1 Å². The monoisotopic (exact) mass is 431 g/mol. The molecule has 4 fully saturated rings. The molecule has 0 bridgehead atoms. The van der Waals surface area contributed by atoms with E-state index in [4.69, 9.17) is 9.47 Å². The van der Waals surface area contributed by atoms with E-state index in [1.54, 1.807) is 6.92 Å². The van der Waals surface area contributed by atoms with Crippen LogP contribution in [0.4, 0.5) is 8.78 Å². The Morgan fingerprint density at radius 1 is 1.17 bits per heavy atom. The third-order valence-electron chi connectivity index (χ3n) is 6.75. The lowest BCUT2D eigenvalue weighted by Gasteiger charge is -2.32. The van der Waals surface area contributed by atoms with Gasteiger partial charge in [-0.15, -0.1) is 0 Å². The van der Waals surface area contributed by atoms with E-state index in [9.17, 15) is 23.5 Å². The number of fused-ring (bicyclic) bond motifs is 1. The molecule has 0 radical (unpaired) electrons. The number of nitrogens with one attached hydrogen (secondary N) is 1. The number of halogens is 2. The van der Waals surface area contributed by atoms with Gasteiger partial charge in [-0.2, -0.15) is 0 Å². The van der Waals surface area contributed by atoms with Crippen molar-refractivity contribution in [1.29, 1.82) is 0 Å². The first-order chi connectivity index (χ1) is 14.2. The molecule has 8 nitrogen and oxygen atoms in total. The van der Waals surface area contributed by atoms with Crippen LogP contribution in [0.15, 0.2) is 0 Å². The van der Waals surface area contributed by atoms with E-state index in [2.05, 4.69) is 5.32 Å². The molecule has 5 atom stereocenters. The maximum absolute atomic E-state index is 13.3. The standard InChI is InChI=1S/C20H31F2N3O5/c1-12(26)24-5-2-13(3-6-24)23-10-16-18(28)19-15(30-16)8-14(29-19)9-17(27)25-7-4-20(21,22)11-25/h13-16,18-19,23,28H,2-11H2,1H3/t14-,15+,16+,18+,19-/m0/s1. The van der Waals surface area contributed by atoms with Gasteiger partial charge in [0.25, 0.3) is 5.92 Å². The van der Waals surface area contributed by atoms with Gasteiger partial charge < -0.3 is 29.7 Å². The Morgan fingerprint density at radius 2 is 1.90 bits per heavy atom. The van der Waals surface area contributed by atoms with Crippen molar-refractivity contribution in [2.75, 3.05) is 32.7 Å². The number of piperidine rings is 1. The van der Waals surface area contributed by atoms with E-state index >= 15 is 0 Å². The van der Waals surface area contributed by atoms with Crippen LogP contribution >= 0.6 is 0 Å². The molecule has 4 rings (SSSR count). The van der Waals surface area contributed by atoms with Crippen molar-refractivity contribution in [3.05, 3.63) is 0 Å². The van der Waals surface area contributed by atoms with E-state index < -0.39 is 30.8 Å². The van der Waals surface area contributed by atoms with Gasteiger partial charge in [-0.05, 0) is 12.8 Å². The number of hydrogen-bond acceptors (Lipinski definition) is 6. The van der Waals surface area contributed by atoms with E-state index in [0.717, 1.165) is 25.9 Å². The quantitative estimate of drug-likeness (QED) is 0.643. The van der Waals surface area contributed by atoms with E-state index in [-0.39, 0.29) is 49.5 Å².